The fourth-order valence-corrected chi connectivity index (χ4v) is 2.67. The molecule has 2 rings (SSSR count). The maximum atomic E-state index is 13.6. The third kappa shape index (κ3) is 2.68. The van der Waals surface area contributed by atoms with Crippen LogP contribution in [0.25, 0.3) is 0 Å². The summed E-state index contributed by atoms with van der Waals surface area (Å²) in [6.45, 7) is 1.56. The van der Waals surface area contributed by atoms with Crippen LogP contribution in [0.4, 0.5) is 4.39 Å². The zero-order valence-electron chi connectivity index (χ0n) is 9.59. The van der Waals surface area contributed by atoms with Gasteiger partial charge in [0.1, 0.15) is 5.82 Å². The number of hydrogen-bond donors (Lipinski definition) is 1. The Morgan fingerprint density at radius 1 is 1.47 bits per heavy atom. The Kier molecular flexibility index (Phi) is 3.49. The molecule has 0 bridgehead atoms. The lowest BCUT2D eigenvalue weighted by Crippen LogP contribution is -1.98. The second-order valence-electron chi connectivity index (χ2n) is 3.78. The maximum absolute atomic E-state index is 13.6. The van der Waals surface area contributed by atoms with Gasteiger partial charge < -0.3 is 5.11 Å². The molecule has 0 spiro atoms. The first-order valence-electron chi connectivity index (χ1n) is 5.21. The van der Waals surface area contributed by atoms with Crippen molar-refractivity contribution in [2.75, 3.05) is 0 Å². The van der Waals surface area contributed by atoms with E-state index in [2.05, 4.69) is 5.10 Å². The van der Waals surface area contributed by atoms with Crippen molar-refractivity contribution in [2.45, 2.75) is 22.8 Å². The Bertz CT molecular complexity index is 525. The predicted octanol–water partition coefficient (Wildman–Crippen LogP) is 2.76. The van der Waals surface area contributed by atoms with Gasteiger partial charge >= 0.3 is 0 Å². The van der Waals surface area contributed by atoms with E-state index in [4.69, 9.17) is 0 Å². The van der Waals surface area contributed by atoms with Crippen molar-refractivity contribution in [3.05, 3.63) is 42.0 Å². The summed E-state index contributed by atoms with van der Waals surface area (Å²) in [6, 6.07) is 4.79. The Balaban J connectivity index is 2.35. The van der Waals surface area contributed by atoms with Gasteiger partial charge in [-0.25, -0.2) is 4.39 Å². The smallest absolute Gasteiger partial charge is 0.130 e. The van der Waals surface area contributed by atoms with Crippen molar-refractivity contribution >= 4 is 11.8 Å². The molecule has 3 nitrogen and oxygen atoms in total. The summed E-state index contributed by atoms with van der Waals surface area (Å²) in [7, 11) is 1.82. The van der Waals surface area contributed by atoms with Gasteiger partial charge in [-0.1, -0.05) is 17.8 Å². The van der Waals surface area contributed by atoms with Crippen molar-refractivity contribution in [3.63, 3.8) is 0 Å². The number of nitrogens with zero attached hydrogens (tertiary/aromatic N) is 2. The number of aromatic nitrogens is 2. The molecule has 0 aliphatic carbocycles. The Labute approximate surface area is 103 Å². The van der Waals surface area contributed by atoms with E-state index in [0.717, 1.165) is 4.90 Å². The van der Waals surface area contributed by atoms with Crippen molar-refractivity contribution in [1.82, 2.24) is 9.78 Å². The van der Waals surface area contributed by atoms with Crippen LogP contribution in [0.5, 0.6) is 0 Å². The summed E-state index contributed by atoms with van der Waals surface area (Å²) in [5.74, 6) is -0.381. The average Bonchev–Trinajstić information content (AvgIpc) is 2.63. The van der Waals surface area contributed by atoms with Crippen LogP contribution in [0.1, 0.15) is 18.6 Å². The van der Waals surface area contributed by atoms with Gasteiger partial charge in [-0.15, -0.1) is 0 Å². The van der Waals surface area contributed by atoms with E-state index in [0.29, 0.717) is 10.5 Å². The molecule has 1 atom stereocenters. The molecule has 1 aromatic carbocycles. The molecule has 5 heteroatoms. The number of hydrogen-bond acceptors (Lipinski definition) is 3. The molecule has 0 fully saturated rings. The summed E-state index contributed by atoms with van der Waals surface area (Å²) >= 11 is 1.39. The fraction of sp³-hybridized carbons (Fsp3) is 0.250. The molecular weight excluding hydrogens is 239 g/mol. The molecule has 0 amide bonds. The Morgan fingerprint density at radius 2 is 2.24 bits per heavy atom. The highest BCUT2D eigenvalue weighted by atomic mass is 32.2. The van der Waals surface area contributed by atoms with Crippen molar-refractivity contribution in [3.8, 4) is 0 Å². The average molecular weight is 252 g/mol. The fourth-order valence-electron chi connectivity index (χ4n) is 1.59. The zero-order chi connectivity index (χ0) is 12.4. The van der Waals surface area contributed by atoms with Crippen molar-refractivity contribution < 1.29 is 9.50 Å². The van der Waals surface area contributed by atoms with Crippen LogP contribution in [0.15, 0.2) is 40.4 Å². The SMILES string of the molecule is C[C@@H](O)c1c(F)cccc1Sc1cnn(C)c1. The number of halogens is 1. The Hall–Kier alpha value is -1.33. The minimum absolute atomic E-state index is 0.335. The number of aryl methyl sites for hydroxylation is 1. The summed E-state index contributed by atoms with van der Waals surface area (Å²) in [5.41, 5.74) is 0.335. The molecule has 1 aromatic heterocycles. The van der Waals surface area contributed by atoms with Gasteiger partial charge in [0.2, 0.25) is 0 Å². The second-order valence-corrected chi connectivity index (χ2v) is 4.89. The highest BCUT2D eigenvalue weighted by Gasteiger charge is 2.14. The number of rotatable bonds is 3. The van der Waals surface area contributed by atoms with E-state index in [1.807, 2.05) is 13.2 Å². The van der Waals surface area contributed by atoms with Crippen LogP contribution in [-0.2, 0) is 7.05 Å². The molecule has 1 heterocycles. The highest BCUT2D eigenvalue weighted by Crippen LogP contribution is 2.34. The molecule has 90 valence electrons. The van der Waals surface area contributed by atoms with Gasteiger partial charge in [-0.3, -0.25) is 4.68 Å². The second kappa shape index (κ2) is 4.89. The lowest BCUT2D eigenvalue weighted by atomic mass is 10.1. The first-order chi connectivity index (χ1) is 8.08. The predicted molar refractivity (Wildman–Crippen MR) is 64.4 cm³/mol. The molecule has 0 aliphatic heterocycles. The third-order valence-corrected chi connectivity index (χ3v) is 3.36. The van der Waals surface area contributed by atoms with Gasteiger partial charge in [0.15, 0.2) is 0 Å². The molecular formula is C12H13FN2OS. The first kappa shape index (κ1) is 12.1. The molecule has 0 aliphatic rings. The molecule has 0 saturated carbocycles. The minimum atomic E-state index is -0.824. The standard InChI is InChI=1S/C12H13FN2OS/c1-8(16)12-10(13)4-3-5-11(12)17-9-6-14-15(2)7-9/h3-8,16H,1-2H3/t8-/m1/s1. The van der Waals surface area contributed by atoms with E-state index < -0.39 is 6.10 Å². The lowest BCUT2D eigenvalue weighted by molar-refractivity contribution is 0.191. The summed E-state index contributed by atoms with van der Waals surface area (Å²) in [6.07, 6.45) is 2.73. The van der Waals surface area contributed by atoms with E-state index in [9.17, 15) is 9.50 Å². The topological polar surface area (TPSA) is 38.1 Å². The van der Waals surface area contributed by atoms with E-state index in [1.165, 1.54) is 17.8 Å². The molecule has 17 heavy (non-hydrogen) atoms. The molecule has 0 saturated heterocycles. The zero-order valence-corrected chi connectivity index (χ0v) is 10.4. The van der Waals surface area contributed by atoms with Crippen LogP contribution < -0.4 is 0 Å². The summed E-state index contributed by atoms with van der Waals surface area (Å²) < 4.78 is 15.3. The van der Waals surface area contributed by atoms with E-state index >= 15 is 0 Å². The first-order valence-corrected chi connectivity index (χ1v) is 6.02. The molecule has 2 aromatic rings. The molecule has 0 radical (unpaired) electrons. The monoisotopic (exact) mass is 252 g/mol. The summed E-state index contributed by atoms with van der Waals surface area (Å²) in [4.78, 5) is 1.63. The maximum Gasteiger partial charge on any atom is 0.130 e. The van der Waals surface area contributed by atoms with Gasteiger partial charge in [-0.2, -0.15) is 5.10 Å². The van der Waals surface area contributed by atoms with Gasteiger partial charge in [-0.05, 0) is 19.1 Å². The largest absolute Gasteiger partial charge is 0.389 e. The van der Waals surface area contributed by atoms with Crippen LogP contribution in [0.3, 0.4) is 0 Å². The normalized spacial score (nSPS) is 12.7. The summed E-state index contributed by atoms with van der Waals surface area (Å²) in [5, 5.41) is 13.6. The lowest BCUT2D eigenvalue weighted by Gasteiger charge is -2.11. The van der Waals surface area contributed by atoms with E-state index in [-0.39, 0.29) is 5.82 Å². The minimum Gasteiger partial charge on any atom is -0.389 e. The quantitative estimate of drug-likeness (QED) is 0.912. The Morgan fingerprint density at radius 3 is 2.82 bits per heavy atom. The number of benzene rings is 1. The number of aliphatic hydroxyl groups is 1. The van der Waals surface area contributed by atoms with Crippen molar-refractivity contribution in [1.29, 1.82) is 0 Å². The van der Waals surface area contributed by atoms with Gasteiger partial charge in [0, 0.05) is 23.7 Å². The van der Waals surface area contributed by atoms with Gasteiger partial charge in [0.25, 0.3) is 0 Å². The molecule has 1 N–H and O–H groups in total. The van der Waals surface area contributed by atoms with Crippen molar-refractivity contribution in [2.24, 2.45) is 7.05 Å². The molecule has 0 unspecified atom stereocenters. The number of aliphatic hydroxyl groups excluding tert-OH is 1. The third-order valence-electron chi connectivity index (χ3n) is 2.34. The van der Waals surface area contributed by atoms with Crippen LogP contribution >= 0.6 is 11.8 Å². The van der Waals surface area contributed by atoms with Crippen LogP contribution in [0.2, 0.25) is 0 Å². The van der Waals surface area contributed by atoms with Crippen LogP contribution in [0, 0.1) is 5.82 Å². The van der Waals surface area contributed by atoms with E-state index in [1.54, 1.807) is 29.9 Å². The highest BCUT2D eigenvalue weighted by molar-refractivity contribution is 7.99. The van der Waals surface area contributed by atoms with Gasteiger partial charge in [0.05, 0.1) is 17.2 Å². The van der Waals surface area contributed by atoms with Crippen LogP contribution in [-0.4, -0.2) is 14.9 Å².